The van der Waals surface area contributed by atoms with Gasteiger partial charge in [0.05, 0.1) is 13.2 Å². The summed E-state index contributed by atoms with van der Waals surface area (Å²) < 4.78 is 5.26. The second-order valence-electron chi connectivity index (χ2n) is 3.53. The van der Waals surface area contributed by atoms with Crippen molar-refractivity contribution in [3.63, 3.8) is 0 Å². The molecule has 0 radical (unpaired) electrons. The molecule has 1 rings (SSSR count). The van der Waals surface area contributed by atoms with E-state index in [4.69, 9.17) is 11.2 Å². The number of hydrogen-bond acceptors (Lipinski definition) is 3. The van der Waals surface area contributed by atoms with Gasteiger partial charge in [-0.25, -0.2) is 0 Å². The average Bonchev–Trinajstić information content (AvgIpc) is 2.20. The molecule has 1 aliphatic heterocycles. The first-order chi connectivity index (χ1) is 6.83. The molecular formula is C11H17NO2. The van der Waals surface area contributed by atoms with Crippen molar-refractivity contribution in [1.29, 1.82) is 0 Å². The molecule has 1 atom stereocenters. The quantitative estimate of drug-likeness (QED) is 0.519. The van der Waals surface area contributed by atoms with E-state index in [0.29, 0.717) is 25.9 Å². The number of Topliss-reactive ketones (excluding diaryl/α,β-unsaturated/α-hetero) is 1. The molecule has 0 aromatic heterocycles. The standard InChI is InChI=1S/C11H17NO2/c1-2-3-4-5-11(13)8-10-9-14-7-6-12-10/h1,10,12H,3-9H2. The molecule has 0 aliphatic carbocycles. The van der Waals surface area contributed by atoms with Gasteiger partial charge in [-0.15, -0.1) is 12.3 Å². The molecule has 14 heavy (non-hydrogen) atoms. The number of ketones is 1. The molecule has 0 saturated carbocycles. The van der Waals surface area contributed by atoms with Crippen molar-refractivity contribution >= 4 is 5.78 Å². The molecule has 0 amide bonds. The van der Waals surface area contributed by atoms with Crippen molar-refractivity contribution in [2.24, 2.45) is 0 Å². The smallest absolute Gasteiger partial charge is 0.134 e. The van der Waals surface area contributed by atoms with E-state index in [1.54, 1.807) is 0 Å². The van der Waals surface area contributed by atoms with Crippen LogP contribution in [0.4, 0.5) is 0 Å². The first-order valence-electron chi connectivity index (χ1n) is 5.09. The van der Waals surface area contributed by atoms with Gasteiger partial charge < -0.3 is 10.1 Å². The highest BCUT2D eigenvalue weighted by Gasteiger charge is 2.16. The van der Waals surface area contributed by atoms with Crippen LogP contribution in [0, 0.1) is 12.3 Å². The minimum absolute atomic E-state index is 0.210. The maximum Gasteiger partial charge on any atom is 0.134 e. The highest BCUT2D eigenvalue weighted by molar-refractivity contribution is 5.79. The Balaban J connectivity index is 2.10. The lowest BCUT2D eigenvalue weighted by atomic mass is 10.1. The van der Waals surface area contributed by atoms with Gasteiger partial charge in [0.2, 0.25) is 0 Å². The SMILES string of the molecule is C#CCCCC(=O)CC1COCCN1. The van der Waals surface area contributed by atoms with E-state index in [9.17, 15) is 4.79 Å². The van der Waals surface area contributed by atoms with Crippen LogP contribution in [0.5, 0.6) is 0 Å². The summed E-state index contributed by atoms with van der Waals surface area (Å²) in [5, 5.41) is 3.25. The van der Waals surface area contributed by atoms with Crippen molar-refractivity contribution in [2.45, 2.75) is 31.7 Å². The van der Waals surface area contributed by atoms with E-state index in [1.807, 2.05) is 0 Å². The van der Waals surface area contributed by atoms with Gasteiger partial charge in [-0.2, -0.15) is 0 Å². The third kappa shape index (κ3) is 4.40. The van der Waals surface area contributed by atoms with Crippen LogP contribution in [0.1, 0.15) is 25.7 Å². The molecule has 3 heteroatoms. The number of carbonyl (C=O) groups excluding carboxylic acids is 1. The third-order valence-corrected chi connectivity index (χ3v) is 2.25. The normalized spacial score (nSPS) is 21.5. The minimum Gasteiger partial charge on any atom is -0.379 e. The zero-order valence-electron chi connectivity index (χ0n) is 8.42. The van der Waals surface area contributed by atoms with Crippen LogP contribution >= 0.6 is 0 Å². The molecule has 0 spiro atoms. The van der Waals surface area contributed by atoms with Gasteiger partial charge in [-0.1, -0.05) is 0 Å². The van der Waals surface area contributed by atoms with Crippen molar-refractivity contribution in [1.82, 2.24) is 5.32 Å². The molecule has 3 nitrogen and oxygen atoms in total. The lowest BCUT2D eigenvalue weighted by Crippen LogP contribution is -2.42. The Morgan fingerprint density at radius 2 is 2.50 bits per heavy atom. The molecule has 1 aliphatic rings. The van der Waals surface area contributed by atoms with Crippen molar-refractivity contribution < 1.29 is 9.53 Å². The number of morpholine rings is 1. The predicted molar refractivity (Wildman–Crippen MR) is 54.9 cm³/mol. The number of rotatable bonds is 5. The topological polar surface area (TPSA) is 38.3 Å². The molecule has 0 aromatic rings. The largest absolute Gasteiger partial charge is 0.379 e. The monoisotopic (exact) mass is 195 g/mol. The Kier molecular flexibility index (Phi) is 5.28. The van der Waals surface area contributed by atoms with Crippen LogP contribution in [0.2, 0.25) is 0 Å². The number of unbranched alkanes of at least 4 members (excludes halogenated alkanes) is 1. The van der Waals surface area contributed by atoms with Gasteiger partial charge >= 0.3 is 0 Å². The van der Waals surface area contributed by atoms with Crippen molar-refractivity contribution in [3.05, 3.63) is 0 Å². The van der Waals surface area contributed by atoms with E-state index < -0.39 is 0 Å². The summed E-state index contributed by atoms with van der Waals surface area (Å²) in [4.78, 5) is 11.4. The van der Waals surface area contributed by atoms with Gasteiger partial charge in [-0.3, -0.25) is 4.79 Å². The molecule has 1 saturated heterocycles. The molecule has 78 valence electrons. The Morgan fingerprint density at radius 1 is 1.64 bits per heavy atom. The Bertz CT molecular complexity index is 214. The highest BCUT2D eigenvalue weighted by atomic mass is 16.5. The van der Waals surface area contributed by atoms with Crippen LogP contribution in [0.25, 0.3) is 0 Å². The van der Waals surface area contributed by atoms with Crippen LogP contribution in [0.15, 0.2) is 0 Å². The van der Waals surface area contributed by atoms with Crippen LogP contribution in [-0.4, -0.2) is 31.6 Å². The van der Waals surface area contributed by atoms with Gasteiger partial charge in [-0.05, 0) is 6.42 Å². The first kappa shape index (κ1) is 11.2. The summed E-state index contributed by atoms with van der Waals surface area (Å²) in [6.07, 6.45) is 7.78. The maximum atomic E-state index is 11.4. The fourth-order valence-electron chi connectivity index (χ4n) is 1.52. The lowest BCUT2D eigenvalue weighted by molar-refractivity contribution is -0.120. The first-order valence-corrected chi connectivity index (χ1v) is 5.09. The van der Waals surface area contributed by atoms with Crippen molar-refractivity contribution in [3.8, 4) is 12.3 Å². The maximum absolute atomic E-state index is 11.4. The zero-order chi connectivity index (χ0) is 10.2. The summed E-state index contributed by atoms with van der Waals surface area (Å²) in [5.74, 6) is 2.81. The average molecular weight is 195 g/mol. The van der Waals surface area contributed by atoms with E-state index >= 15 is 0 Å². The van der Waals surface area contributed by atoms with Crippen LogP contribution in [0.3, 0.4) is 0 Å². The number of hydrogen-bond donors (Lipinski definition) is 1. The molecular weight excluding hydrogens is 178 g/mol. The van der Waals surface area contributed by atoms with Crippen LogP contribution < -0.4 is 5.32 Å². The van der Waals surface area contributed by atoms with Gasteiger partial charge in [0.15, 0.2) is 0 Å². The van der Waals surface area contributed by atoms with E-state index in [2.05, 4.69) is 11.2 Å². The molecule has 1 unspecified atom stereocenters. The number of terminal acetylenes is 1. The summed E-state index contributed by atoms with van der Waals surface area (Å²) in [5.41, 5.74) is 0. The highest BCUT2D eigenvalue weighted by Crippen LogP contribution is 2.04. The van der Waals surface area contributed by atoms with E-state index in [-0.39, 0.29) is 11.8 Å². The van der Waals surface area contributed by atoms with E-state index in [0.717, 1.165) is 19.6 Å². The fraction of sp³-hybridized carbons (Fsp3) is 0.727. The molecule has 1 fully saturated rings. The third-order valence-electron chi connectivity index (χ3n) is 2.25. The van der Waals surface area contributed by atoms with Gasteiger partial charge in [0.25, 0.3) is 0 Å². The molecule has 0 aromatic carbocycles. The minimum atomic E-state index is 0.210. The summed E-state index contributed by atoms with van der Waals surface area (Å²) in [6, 6.07) is 0.210. The second-order valence-corrected chi connectivity index (χ2v) is 3.53. The second kappa shape index (κ2) is 6.58. The van der Waals surface area contributed by atoms with Crippen LogP contribution in [-0.2, 0) is 9.53 Å². The van der Waals surface area contributed by atoms with Gasteiger partial charge in [0.1, 0.15) is 5.78 Å². The summed E-state index contributed by atoms with van der Waals surface area (Å²) in [6.45, 7) is 2.25. The molecule has 1 heterocycles. The van der Waals surface area contributed by atoms with E-state index in [1.165, 1.54) is 0 Å². The number of carbonyl (C=O) groups is 1. The lowest BCUT2D eigenvalue weighted by Gasteiger charge is -2.22. The number of ether oxygens (including phenoxy) is 1. The number of nitrogens with one attached hydrogen (secondary N) is 1. The Morgan fingerprint density at radius 3 is 3.14 bits per heavy atom. The molecule has 0 bridgehead atoms. The Hall–Kier alpha value is -0.850. The predicted octanol–water partition coefficient (Wildman–Crippen LogP) is 0.737. The fourth-order valence-corrected chi connectivity index (χ4v) is 1.52. The zero-order valence-corrected chi connectivity index (χ0v) is 8.42. The summed E-state index contributed by atoms with van der Waals surface area (Å²) in [7, 11) is 0. The van der Waals surface area contributed by atoms with Gasteiger partial charge in [0, 0.05) is 31.8 Å². The summed E-state index contributed by atoms with van der Waals surface area (Å²) >= 11 is 0. The molecule has 1 N–H and O–H groups in total. The Labute approximate surface area is 85.2 Å². The van der Waals surface area contributed by atoms with Crippen molar-refractivity contribution in [2.75, 3.05) is 19.8 Å².